The van der Waals surface area contributed by atoms with Crippen LogP contribution in [0.15, 0.2) is 47.4 Å². The smallest absolute Gasteiger partial charge is 0.338 e. The Labute approximate surface area is 201 Å². The number of piperidine rings is 1. The number of nitrogens with zero attached hydrogens (tertiary/aromatic N) is 1. The third-order valence-electron chi connectivity index (χ3n) is 5.70. The molecule has 184 valence electrons. The van der Waals surface area contributed by atoms with E-state index >= 15 is 0 Å². The third kappa shape index (κ3) is 6.15. The van der Waals surface area contributed by atoms with Gasteiger partial charge in [-0.15, -0.1) is 0 Å². The van der Waals surface area contributed by atoms with Crippen LogP contribution in [0.25, 0.3) is 0 Å². The third-order valence-corrected chi connectivity index (χ3v) is 7.62. The Kier molecular flexibility index (Phi) is 7.99. The van der Waals surface area contributed by atoms with E-state index in [4.69, 9.17) is 9.47 Å². The topological polar surface area (TPSA) is 102 Å². The molecule has 0 radical (unpaired) electrons. The van der Waals surface area contributed by atoms with Gasteiger partial charge in [0.25, 0.3) is 5.91 Å². The predicted octanol–water partition coefficient (Wildman–Crippen LogP) is 3.96. The van der Waals surface area contributed by atoms with E-state index in [1.165, 1.54) is 23.5 Å². The first-order valence-electron chi connectivity index (χ1n) is 11.3. The lowest BCUT2D eigenvalue weighted by molar-refractivity contribution is -0.119. The van der Waals surface area contributed by atoms with E-state index in [1.807, 2.05) is 12.1 Å². The number of rotatable bonds is 7. The Hall–Kier alpha value is -2.91. The highest BCUT2D eigenvalue weighted by molar-refractivity contribution is 7.89. The van der Waals surface area contributed by atoms with Gasteiger partial charge in [-0.25, -0.2) is 13.2 Å². The maximum absolute atomic E-state index is 13.1. The number of ether oxygens (including phenoxy) is 2. The highest BCUT2D eigenvalue weighted by Gasteiger charge is 2.29. The SMILES string of the molecule is COc1ccc(NC(=O)COC(=O)c2ccc(C(C)(C)C)cc2)cc1S(=O)(=O)N1CCCCC1. The number of carbonyl (C=O) groups excluding carboxylic acids is 2. The summed E-state index contributed by atoms with van der Waals surface area (Å²) in [6.07, 6.45) is 2.61. The van der Waals surface area contributed by atoms with Crippen molar-refractivity contribution in [3.8, 4) is 5.75 Å². The van der Waals surface area contributed by atoms with Crippen molar-refractivity contribution in [1.29, 1.82) is 0 Å². The summed E-state index contributed by atoms with van der Waals surface area (Å²) in [6.45, 7) is 6.64. The minimum atomic E-state index is -3.77. The molecule has 1 N–H and O–H groups in total. The molecule has 0 bridgehead atoms. The number of methoxy groups -OCH3 is 1. The van der Waals surface area contributed by atoms with Gasteiger partial charge in [0, 0.05) is 18.8 Å². The molecule has 0 aromatic heterocycles. The highest BCUT2D eigenvalue weighted by Crippen LogP contribution is 2.31. The van der Waals surface area contributed by atoms with E-state index in [0.29, 0.717) is 18.7 Å². The van der Waals surface area contributed by atoms with Gasteiger partial charge in [0.05, 0.1) is 12.7 Å². The predicted molar refractivity (Wildman–Crippen MR) is 130 cm³/mol. The molecule has 1 saturated heterocycles. The van der Waals surface area contributed by atoms with E-state index in [2.05, 4.69) is 26.1 Å². The lowest BCUT2D eigenvalue weighted by Crippen LogP contribution is -2.35. The number of sulfonamides is 1. The Morgan fingerprint density at radius 1 is 1.00 bits per heavy atom. The van der Waals surface area contributed by atoms with Crippen LogP contribution in [0.5, 0.6) is 5.75 Å². The lowest BCUT2D eigenvalue weighted by Gasteiger charge is -2.26. The van der Waals surface area contributed by atoms with Gasteiger partial charge in [0.2, 0.25) is 10.0 Å². The fourth-order valence-corrected chi connectivity index (χ4v) is 5.42. The molecular formula is C25H32N2O6S. The number of hydrogen-bond donors (Lipinski definition) is 1. The zero-order valence-electron chi connectivity index (χ0n) is 20.1. The Balaban J connectivity index is 1.65. The molecule has 2 aromatic carbocycles. The first-order valence-corrected chi connectivity index (χ1v) is 12.7. The zero-order chi connectivity index (χ0) is 24.9. The summed E-state index contributed by atoms with van der Waals surface area (Å²) >= 11 is 0. The van der Waals surface area contributed by atoms with Crippen molar-refractivity contribution < 1.29 is 27.5 Å². The van der Waals surface area contributed by atoms with Gasteiger partial charge in [-0.3, -0.25) is 4.79 Å². The summed E-state index contributed by atoms with van der Waals surface area (Å²) < 4.78 is 38.1. The fraction of sp³-hybridized carbons (Fsp3) is 0.440. The van der Waals surface area contributed by atoms with Crippen LogP contribution in [0, 0.1) is 0 Å². The number of carbonyl (C=O) groups is 2. The molecule has 1 aliphatic rings. The van der Waals surface area contributed by atoms with Gasteiger partial charge in [-0.05, 0) is 54.2 Å². The molecular weight excluding hydrogens is 456 g/mol. The number of anilines is 1. The molecule has 1 fully saturated rings. The summed E-state index contributed by atoms with van der Waals surface area (Å²) in [7, 11) is -2.37. The van der Waals surface area contributed by atoms with E-state index in [-0.39, 0.29) is 21.7 Å². The fourth-order valence-electron chi connectivity index (χ4n) is 3.72. The molecule has 9 heteroatoms. The second-order valence-corrected chi connectivity index (χ2v) is 11.2. The largest absolute Gasteiger partial charge is 0.495 e. The second-order valence-electron chi connectivity index (χ2n) is 9.28. The maximum Gasteiger partial charge on any atom is 0.338 e. The summed E-state index contributed by atoms with van der Waals surface area (Å²) in [6, 6.07) is 11.5. The minimum Gasteiger partial charge on any atom is -0.495 e. The Morgan fingerprint density at radius 3 is 2.24 bits per heavy atom. The second kappa shape index (κ2) is 10.6. The lowest BCUT2D eigenvalue weighted by atomic mass is 9.87. The Bertz CT molecular complexity index is 1130. The highest BCUT2D eigenvalue weighted by atomic mass is 32.2. The molecule has 34 heavy (non-hydrogen) atoms. The first kappa shape index (κ1) is 25.7. The average Bonchev–Trinajstić information content (AvgIpc) is 2.82. The minimum absolute atomic E-state index is 0.00867. The van der Waals surface area contributed by atoms with E-state index in [1.54, 1.807) is 18.2 Å². The summed E-state index contributed by atoms with van der Waals surface area (Å²) in [5.41, 5.74) is 1.66. The van der Waals surface area contributed by atoms with Gasteiger partial charge in [0.1, 0.15) is 10.6 Å². The number of nitrogens with one attached hydrogen (secondary N) is 1. The van der Waals surface area contributed by atoms with Gasteiger partial charge >= 0.3 is 5.97 Å². The maximum atomic E-state index is 13.1. The molecule has 0 unspecified atom stereocenters. The molecule has 0 spiro atoms. The van der Waals surface area contributed by atoms with Crippen LogP contribution in [0.4, 0.5) is 5.69 Å². The van der Waals surface area contributed by atoms with Gasteiger partial charge in [-0.1, -0.05) is 39.3 Å². The first-order chi connectivity index (χ1) is 16.0. The summed E-state index contributed by atoms with van der Waals surface area (Å²) in [5, 5.41) is 2.59. The van der Waals surface area contributed by atoms with Crippen LogP contribution in [-0.2, 0) is 25.0 Å². The Morgan fingerprint density at radius 2 is 1.65 bits per heavy atom. The number of hydrogen-bond acceptors (Lipinski definition) is 6. The van der Waals surface area contributed by atoms with Crippen molar-refractivity contribution in [2.75, 3.05) is 32.1 Å². The molecule has 0 saturated carbocycles. The monoisotopic (exact) mass is 488 g/mol. The number of benzene rings is 2. The normalized spacial score (nSPS) is 14.9. The summed E-state index contributed by atoms with van der Waals surface area (Å²) in [5.74, 6) is -0.987. The van der Waals surface area contributed by atoms with Crippen molar-refractivity contribution in [2.45, 2.75) is 50.3 Å². The average molecular weight is 489 g/mol. The van der Waals surface area contributed by atoms with Crippen LogP contribution in [0.3, 0.4) is 0 Å². The van der Waals surface area contributed by atoms with Crippen LogP contribution in [0.2, 0.25) is 0 Å². The molecule has 0 aliphatic carbocycles. The standard InChI is InChI=1S/C25H32N2O6S/c1-25(2,3)19-10-8-18(9-11-19)24(29)33-17-23(28)26-20-12-13-21(32-4)22(16-20)34(30,31)27-14-6-5-7-15-27/h8-13,16H,5-7,14-15,17H2,1-4H3,(H,26,28). The van der Waals surface area contributed by atoms with Crippen LogP contribution in [0.1, 0.15) is 56.0 Å². The molecule has 1 heterocycles. The molecule has 1 aliphatic heterocycles. The van der Waals surface area contributed by atoms with Crippen LogP contribution >= 0.6 is 0 Å². The van der Waals surface area contributed by atoms with Crippen LogP contribution < -0.4 is 10.1 Å². The van der Waals surface area contributed by atoms with E-state index < -0.39 is 28.5 Å². The van der Waals surface area contributed by atoms with Crippen molar-refractivity contribution in [2.24, 2.45) is 0 Å². The number of esters is 1. The van der Waals surface area contributed by atoms with Gasteiger partial charge in [0.15, 0.2) is 6.61 Å². The quantitative estimate of drug-likeness (QED) is 0.592. The van der Waals surface area contributed by atoms with Crippen molar-refractivity contribution >= 4 is 27.6 Å². The molecule has 2 aromatic rings. The molecule has 3 rings (SSSR count). The summed E-state index contributed by atoms with van der Waals surface area (Å²) in [4.78, 5) is 24.7. The van der Waals surface area contributed by atoms with Crippen LogP contribution in [-0.4, -0.2) is 51.4 Å². The molecule has 0 atom stereocenters. The van der Waals surface area contributed by atoms with E-state index in [0.717, 1.165) is 24.8 Å². The van der Waals surface area contributed by atoms with Gasteiger partial charge < -0.3 is 14.8 Å². The van der Waals surface area contributed by atoms with Crippen molar-refractivity contribution in [3.05, 3.63) is 53.6 Å². The van der Waals surface area contributed by atoms with E-state index in [9.17, 15) is 18.0 Å². The number of amides is 1. The van der Waals surface area contributed by atoms with Crippen molar-refractivity contribution in [3.63, 3.8) is 0 Å². The van der Waals surface area contributed by atoms with Crippen molar-refractivity contribution in [1.82, 2.24) is 4.31 Å². The molecule has 1 amide bonds. The van der Waals surface area contributed by atoms with Gasteiger partial charge in [-0.2, -0.15) is 4.31 Å². The zero-order valence-corrected chi connectivity index (χ0v) is 20.9. The molecule has 8 nitrogen and oxygen atoms in total.